The van der Waals surface area contributed by atoms with Gasteiger partial charge in [0.2, 0.25) is 0 Å². The maximum Gasteiger partial charge on any atom is 0.0964 e. The van der Waals surface area contributed by atoms with Crippen LogP contribution in [-0.4, -0.2) is 16.2 Å². The molecule has 0 amide bonds. The van der Waals surface area contributed by atoms with E-state index in [-0.39, 0.29) is 6.10 Å². The Morgan fingerprint density at radius 2 is 2.00 bits per heavy atom. The molecule has 0 radical (unpaired) electrons. The Balaban J connectivity index is 1.65. The Morgan fingerprint density at radius 3 is 2.70 bits per heavy atom. The molecule has 1 aliphatic carbocycles. The van der Waals surface area contributed by atoms with Crippen molar-refractivity contribution in [2.24, 2.45) is 11.3 Å². The van der Waals surface area contributed by atoms with E-state index < -0.39 is 0 Å². The van der Waals surface area contributed by atoms with Crippen LogP contribution < -0.4 is 0 Å². The van der Waals surface area contributed by atoms with Gasteiger partial charge in [-0.25, -0.2) is 4.98 Å². The second-order valence-corrected chi connectivity index (χ2v) is 7.96. The van der Waals surface area contributed by atoms with Gasteiger partial charge in [-0.2, -0.15) is 0 Å². The van der Waals surface area contributed by atoms with Crippen molar-refractivity contribution < 1.29 is 5.11 Å². The number of rotatable bonds is 3. The lowest BCUT2D eigenvalue weighted by Crippen LogP contribution is -2.30. The molecule has 3 rings (SSSR count). The minimum atomic E-state index is -0.230. The summed E-state index contributed by atoms with van der Waals surface area (Å²) in [6.07, 6.45) is 5.25. The first-order valence-corrected chi connectivity index (χ1v) is 8.38. The van der Waals surface area contributed by atoms with E-state index in [4.69, 9.17) is 0 Å². The van der Waals surface area contributed by atoms with Gasteiger partial charge < -0.3 is 5.11 Å². The van der Waals surface area contributed by atoms with E-state index in [1.807, 2.05) is 18.2 Å². The Bertz CT molecular complexity index is 546. The topological polar surface area (TPSA) is 33.1 Å². The van der Waals surface area contributed by atoms with Crippen LogP contribution >= 0.6 is 11.3 Å². The van der Waals surface area contributed by atoms with Crippen LogP contribution in [0.15, 0.2) is 24.3 Å². The maximum atomic E-state index is 10.5. The minimum Gasteiger partial charge on any atom is -0.392 e. The molecule has 1 fully saturated rings. The summed E-state index contributed by atoms with van der Waals surface area (Å²) < 4.78 is 1.22. The standard InChI is InChI=1S/C17H23NOS/c1-17(2)9-7-12(8-10-17)14(19)11-16-18-13-5-3-4-6-15(13)20-16/h3-6,12,14,19H,7-11H2,1-2H3. The van der Waals surface area contributed by atoms with Gasteiger partial charge in [0.05, 0.1) is 21.3 Å². The molecule has 1 saturated carbocycles. The molecule has 3 heteroatoms. The number of thiazole rings is 1. The van der Waals surface area contributed by atoms with E-state index in [0.29, 0.717) is 17.8 Å². The number of hydrogen-bond acceptors (Lipinski definition) is 3. The number of hydrogen-bond donors (Lipinski definition) is 1. The van der Waals surface area contributed by atoms with Crippen molar-refractivity contribution in [3.63, 3.8) is 0 Å². The molecular formula is C17H23NOS. The molecule has 0 bridgehead atoms. The predicted octanol–water partition coefficient (Wildman–Crippen LogP) is 4.42. The van der Waals surface area contributed by atoms with Gasteiger partial charge >= 0.3 is 0 Å². The Morgan fingerprint density at radius 1 is 1.30 bits per heavy atom. The number of aromatic nitrogens is 1. The highest BCUT2D eigenvalue weighted by Gasteiger charge is 2.30. The summed E-state index contributed by atoms with van der Waals surface area (Å²) in [6, 6.07) is 8.21. The van der Waals surface area contributed by atoms with Gasteiger partial charge in [-0.15, -0.1) is 11.3 Å². The number of aliphatic hydroxyl groups is 1. The molecule has 1 unspecified atom stereocenters. The van der Waals surface area contributed by atoms with Crippen LogP contribution in [0.4, 0.5) is 0 Å². The third-order valence-corrected chi connectivity index (χ3v) is 5.71. The van der Waals surface area contributed by atoms with Gasteiger partial charge in [0.1, 0.15) is 0 Å². The summed E-state index contributed by atoms with van der Waals surface area (Å²) in [6.45, 7) is 4.67. The smallest absolute Gasteiger partial charge is 0.0964 e. The van der Waals surface area contributed by atoms with E-state index in [1.54, 1.807) is 11.3 Å². The third kappa shape index (κ3) is 3.04. The number of benzene rings is 1. The molecule has 1 aliphatic rings. The molecule has 2 nitrogen and oxygen atoms in total. The second-order valence-electron chi connectivity index (χ2n) is 6.85. The molecule has 1 aromatic heterocycles. The van der Waals surface area contributed by atoms with Crippen molar-refractivity contribution >= 4 is 21.6 Å². The molecule has 1 heterocycles. The summed E-state index contributed by atoms with van der Waals surface area (Å²) in [5.41, 5.74) is 1.52. The van der Waals surface area contributed by atoms with Crippen LogP contribution in [-0.2, 0) is 6.42 Å². The third-order valence-electron chi connectivity index (χ3n) is 4.65. The molecule has 1 aromatic carbocycles. The molecule has 0 aliphatic heterocycles. The predicted molar refractivity (Wildman–Crippen MR) is 85.1 cm³/mol. The number of nitrogens with zero attached hydrogens (tertiary/aromatic N) is 1. The lowest BCUT2D eigenvalue weighted by molar-refractivity contribution is 0.0576. The van der Waals surface area contributed by atoms with Crippen LogP contribution in [0, 0.1) is 11.3 Å². The molecule has 0 saturated heterocycles. The molecular weight excluding hydrogens is 266 g/mol. The van der Waals surface area contributed by atoms with E-state index >= 15 is 0 Å². The van der Waals surface area contributed by atoms with E-state index in [9.17, 15) is 5.11 Å². The largest absolute Gasteiger partial charge is 0.392 e. The van der Waals surface area contributed by atoms with Gasteiger partial charge in [0, 0.05) is 6.42 Å². The van der Waals surface area contributed by atoms with Crippen molar-refractivity contribution in [1.82, 2.24) is 4.98 Å². The maximum absolute atomic E-state index is 10.5. The number of para-hydroxylation sites is 1. The van der Waals surface area contributed by atoms with Crippen molar-refractivity contribution in [3.05, 3.63) is 29.3 Å². The Hall–Kier alpha value is -0.930. The lowest BCUT2D eigenvalue weighted by atomic mass is 9.71. The van der Waals surface area contributed by atoms with Crippen LogP contribution in [0.3, 0.4) is 0 Å². The zero-order chi connectivity index (χ0) is 14.2. The van der Waals surface area contributed by atoms with Crippen molar-refractivity contribution in [3.8, 4) is 0 Å². The van der Waals surface area contributed by atoms with Gasteiger partial charge in [-0.1, -0.05) is 26.0 Å². The summed E-state index contributed by atoms with van der Waals surface area (Å²) in [4.78, 5) is 4.63. The first-order valence-electron chi connectivity index (χ1n) is 7.56. The molecule has 0 spiro atoms. The molecule has 20 heavy (non-hydrogen) atoms. The van der Waals surface area contributed by atoms with Crippen molar-refractivity contribution in [2.45, 2.75) is 52.1 Å². The SMILES string of the molecule is CC1(C)CCC(C(O)Cc2nc3ccccc3s2)CC1. The minimum absolute atomic E-state index is 0.230. The highest BCUT2D eigenvalue weighted by molar-refractivity contribution is 7.18. The van der Waals surface area contributed by atoms with Crippen LogP contribution in [0.2, 0.25) is 0 Å². The van der Waals surface area contributed by atoms with Gasteiger partial charge in [0.15, 0.2) is 0 Å². The summed E-state index contributed by atoms with van der Waals surface area (Å²) >= 11 is 1.72. The number of fused-ring (bicyclic) bond motifs is 1. The second kappa shape index (κ2) is 5.45. The van der Waals surface area contributed by atoms with Crippen LogP contribution in [0.25, 0.3) is 10.2 Å². The summed E-state index contributed by atoms with van der Waals surface area (Å²) in [5, 5.41) is 11.6. The molecule has 108 valence electrons. The fraction of sp³-hybridized carbons (Fsp3) is 0.588. The van der Waals surface area contributed by atoms with Crippen LogP contribution in [0.5, 0.6) is 0 Å². The highest BCUT2D eigenvalue weighted by Crippen LogP contribution is 2.39. The Labute approximate surface area is 124 Å². The van der Waals surface area contributed by atoms with E-state index in [0.717, 1.165) is 23.4 Å². The zero-order valence-corrected chi connectivity index (χ0v) is 13.1. The molecule has 2 aromatic rings. The van der Waals surface area contributed by atoms with Crippen LogP contribution in [0.1, 0.15) is 44.5 Å². The Kier molecular flexibility index (Phi) is 3.83. The van der Waals surface area contributed by atoms with E-state index in [1.165, 1.54) is 17.5 Å². The highest BCUT2D eigenvalue weighted by atomic mass is 32.1. The monoisotopic (exact) mass is 289 g/mol. The first-order chi connectivity index (χ1) is 9.53. The quantitative estimate of drug-likeness (QED) is 0.907. The van der Waals surface area contributed by atoms with E-state index in [2.05, 4.69) is 24.9 Å². The lowest BCUT2D eigenvalue weighted by Gasteiger charge is -2.36. The van der Waals surface area contributed by atoms with Crippen molar-refractivity contribution in [1.29, 1.82) is 0 Å². The normalized spacial score (nSPS) is 21.1. The average Bonchev–Trinajstić information content (AvgIpc) is 2.80. The fourth-order valence-electron chi connectivity index (χ4n) is 3.16. The van der Waals surface area contributed by atoms with Crippen molar-refractivity contribution in [2.75, 3.05) is 0 Å². The first kappa shape index (κ1) is 14.0. The van der Waals surface area contributed by atoms with Gasteiger partial charge in [-0.3, -0.25) is 0 Å². The molecule has 1 atom stereocenters. The fourth-order valence-corrected chi connectivity index (χ4v) is 4.18. The average molecular weight is 289 g/mol. The number of aliphatic hydroxyl groups excluding tert-OH is 1. The zero-order valence-electron chi connectivity index (χ0n) is 12.3. The van der Waals surface area contributed by atoms with Gasteiger partial charge in [-0.05, 0) is 49.1 Å². The summed E-state index contributed by atoms with van der Waals surface area (Å²) in [7, 11) is 0. The molecule has 1 N–H and O–H groups in total. The summed E-state index contributed by atoms with van der Waals surface area (Å²) in [5.74, 6) is 0.454. The van der Waals surface area contributed by atoms with Gasteiger partial charge in [0.25, 0.3) is 0 Å².